The molecule has 2 nitrogen and oxygen atoms in total. The Hall–Kier alpha value is -1.28. The van der Waals surface area contributed by atoms with Gasteiger partial charge in [0.2, 0.25) is 0 Å². The molecule has 1 aromatic carbocycles. The Morgan fingerprint density at radius 2 is 1.94 bits per heavy atom. The van der Waals surface area contributed by atoms with Gasteiger partial charge in [0.15, 0.2) is 0 Å². The van der Waals surface area contributed by atoms with Crippen molar-refractivity contribution in [3.63, 3.8) is 0 Å². The van der Waals surface area contributed by atoms with Crippen LogP contribution in [-0.4, -0.2) is 19.2 Å². The van der Waals surface area contributed by atoms with Crippen molar-refractivity contribution in [2.45, 2.75) is 40.2 Å². The zero-order valence-electron chi connectivity index (χ0n) is 12.0. The summed E-state index contributed by atoms with van der Waals surface area (Å²) in [5.41, 5.74) is 2.57. The number of rotatable bonds is 7. The molecule has 0 saturated heterocycles. The highest BCUT2D eigenvalue weighted by Gasteiger charge is 1.97. The van der Waals surface area contributed by atoms with Crippen LogP contribution in [0.3, 0.4) is 0 Å². The average Bonchev–Trinajstić information content (AvgIpc) is 2.31. The molecule has 18 heavy (non-hydrogen) atoms. The van der Waals surface area contributed by atoms with Gasteiger partial charge >= 0.3 is 0 Å². The van der Waals surface area contributed by atoms with E-state index in [4.69, 9.17) is 4.74 Å². The van der Waals surface area contributed by atoms with E-state index in [0.717, 1.165) is 18.8 Å². The van der Waals surface area contributed by atoms with Crippen LogP contribution < -0.4 is 10.1 Å². The highest BCUT2D eigenvalue weighted by atomic mass is 16.5. The zero-order valence-corrected chi connectivity index (χ0v) is 12.0. The van der Waals surface area contributed by atoms with E-state index in [1.54, 1.807) is 0 Å². The van der Waals surface area contributed by atoms with Crippen molar-refractivity contribution in [2.75, 3.05) is 13.1 Å². The lowest BCUT2D eigenvalue weighted by Gasteiger charge is -2.09. The largest absolute Gasteiger partial charge is 0.491 e. The molecule has 0 atom stereocenters. The second-order valence-corrected chi connectivity index (χ2v) is 4.90. The number of hydrogen-bond donors (Lipinski definition) is 1. The smallest absolute Gasteiger partial charge is 0.119 e. The third kappa shape index (κ3) is 5.87. The van der Waals surface area contributed by atoms with Crippen molar-refractivity contribution in [3.05, 3.63) is 35.4 Å². The minimum absolute atomic E-state index is 0.228. The normalized spacial score (nSPS) is 11.9. The summed E-state index contributed by atoms with van der Waals surface area (Å²) in [7, 11) is 0. The van der Waals surface area contributed by atoms with E-state index in [9.17, 15) is 0 Å². The third-order valence-electron chi connectivity index (χ3n) is 2.50. The van der Waals surface area contributed by atoms with E-state index in [-0.39, 0.29) is 6.10 Å². The number of ether oxygens (including phenoxy) is 1. The summed E-state index contributed by atoms with van der Waals surface area (Å²) in [5, 5.41) is 3.40. The Morgan fingerprint density at radius 1 is 1.28 bits per heavy atom. The molecule has 0 fully saturated rings. The molecule has 2 heteroatoms. The van der Waals surface area contributed by atoms with Gasteiger partial charge in [-0.05, 0) is 51.4 Å². The Morgan fingerprint density at radius 3 is 2.50 bits per heavy atom. The summed E-state index contributed by atoms with van der Waals surface area (Å²) in [4.78, 5) is 0. The molecule has 0 heterocycles. The molecule has 0 radical (unpaired) electrons. The monoisotopic (exact) mass is 247 g/mol. The van der Waals surface area contributed by atoms with Gasteiger partial charge in [0.25, 0.3) is 0 Å². The molecule has 0 bridgehead atoms. The molecule has 0 aromatic heterocycles. The first-order valence-electron chi connectivity index (χ1n) is 6.76. The first-order chi connectivity index (χ1) is 8.61. The summed E-state index contributed by atoms with van der Waals surface area (Å²) < 4.78 is 5.62. The second-order valence-electron chi connectivity index (χ2n) is 4.90. The van der Waals surface area contributed by atoms with Gasteiger partial charge in [-0.1, -0.05) is 30.7 Å². The lowest BCUT2D eigenvalue weighted by atomic mass is 10.1. The van der Waals surface area contributed by atoms with E-state index in [0.29, 0.717) is 0 Å². The van der Waals surface area contributed by atoms with Gasteiger partial charge in [0.1, 0.15) is 5.75 Å². The highest BCUT2D eigenvalue weighted by Crippen LogP contribution is 2.15. The van der Waals surface area contributed by atoms with E-state index in [1.807, 2.05) is 26.0 Å². The molecule has 1 N–H and O–H groups in total. The van der Waals surface area contributed by atoms with Gasteiger partial charge in [0.05, 0.1) is 6.10 Å². The summed E-state index contributed by atoms with van der Waals surface area (Å²) in [5.74, 6) is 0.934. The van der Waals surface area contributed by atoms with Crippen LogP contribution in [0.25, 0.3) is 6.08 Å². The van der Waals surface area contributed by atoms with Crippen LogP contribution >= 0.6 is 0 Å². The standard InChI is InChI=1S/C16H25NO/c1-5-10-17-12-14(4)11-15-6-8-16(9-7-15)18-13(2)3/h6-9,11,13,17H,5,10,12H2,1-4H3. The summed E-state index contributed by atoms with van der Waals surface area (Å²) in [6.07, 6.45) is 3.61. The van der Waals surface area contributed by atoms with Crippen molar-refractivity contribution < 1.29 is 4.74 Å². The molecule has 0 saturated carbocycles. The first-order valence-corrected chi connectivity index (χ1v) is 6.76. The first kappa shape index (κ1) is 14.8. The fraction of sp³-hybridized carbons (Fsp3) is 0.500. The van der Waals surface area contributed by atoms with Crippen LogP contribution in [0.4, 0.5) is 0 Å². The number of nitrogens with one attached hydrogen (secondary N) is 1. The van der Waals surface area contributed by atoms with E-state index in [1.165, 1.54) is 17.6 Å². The molecule has 0 aliphatic rings. The highest BCUT2D eigenvalue weighted by molar-refractivity contribution is 5.53. The summed E-state index contributed by atoms with van der Waals surface area (Å²) in [6.45, 7) is 10.4. The van der Waals surface area contributed by atoms with Crippen LogP contribution in [0.5, 0.6) is 5.75 Å². The molecule has 1 aromatic rings. The third-order valence-corrected chi connectivity index (χ3v) is 2.50. The molecule has 0 spiro atoms. The average molecular weight is 247 g/mol. The van der Waals surface area contributed by atoms with Gasteiger partial charge in [0, 0.05) is 6.54 Å². The number of benzene rings is 1. The predicted molar refractivity (Wildman–Crippen MR) is 79.0 cm³/mol. The SMILES string of the molecule is CCCNCC(C)=Cc1ccc(OC(C)C)cc1. The maximum Gasteiger partial charge on any atom is 0.119 e. The van der Waals surface area contributed by atoms with Crippen LogP contribution in [0.2, 0.25) is 0 Å². The maximum absolute atomic E-state index is 5.62. The Kier molecular flexibility index (Phi) is 6.51. The van der Waals surface area contributed by atoms with E-state index < -0.39 is 0 Å². The Labute approximate surface area is 111 Å². The van der Waals surface area contributed by atoms with Crippen molar-refractivity contribution >= 4 is 6.08 Å². The van der Waals surface area contributed by atoms with Crippen LogP contribution in [-0.2, 0) is 0 Å². The molecule has 0 amide bonds. The molecule has 0 aliphatic carbocycles. The summed E-state index contributed by atoms with van der Waals surface area (Å²) in [6, 6.07) is 8.25. The predicted octanol–water partition coefficient (Wildman–Crippen LogP) is 3.88. The lowest BCUT2D eigenvalue weighted by molar-refractivity contribution is 0.242. The molecule has 1 rings (SSSR count). The van der Waals surface area contributed by atoms with Crippen molar-refractivity contribution in [2.24, 2.45) is 0 Å². The fourth-order valence-corrected chi connectivity index (χ4v) is 1.71. The summed E-state index contributed by atoms with van der Waals surface area (Å²) >= 11 is 0. The minimum Gasteiger partial charge on any atom is -0.491 e. The molecule has 100 valence electrons. The topological polar surface area (TPSA) is 21.3 Å². The second kappa shape index (κ2) is 7.93. The van der Waals surface area contributed by atoms with Crippen molar-refractivity contribution in [3.8, 4) is 5.75 Å². The van der Waals surface area contributed by atoms with Gasteiger partial charge in [-0.15, -0.1) is 0 Å². The van der Waals surface area contributed by atoms with Gasteiger partial charge in [-0.25, -0.2) is 0 Å². The van der Waals surface area contributed by atoms with Crippen LogP contribution in [0.1, 0.15) is 39.7 Å². The van der Waals surface area contributed by atoms with Crippen molar-refractivity contribution in [1.82, 2.24) is 5.32 Å². The quantitative estimate of drug-likeness (QED) is 0.738. The van der Waals surface area contributed by atoms with Crippen LogP contribution in [0.15, 0.2) is 29.8 Å². The number of hydrogen-bond acceptors (Lipinski definition) is 2. The van der Waals surface area contributed by atoms with Gasteiger partial charge in [-0.3, -0.25) is 0 Å². The van der Waals surface area contributed by atoms with E-state index >= 15 is 0 Å². The maximum atomic E-state index is 5.62. The molecular weight excluding hydrogens is 222 g/mol. The van der Waals surface area contributed by atoms with Gasteiger partial charge < -0.3 is 10.1 Å². The minimum atomic E-state index is 0.228. The Balaban J connectivity index is 2.53. The Bertz CT molecular complexity index is 365. The molecule has 0 aliphatic heterocycles. The molecule has 0 unspecified atom stereocenters. The van der Waals surface area contributed by atoms with Crippen molar-refractivity contribution in [1.29, 1.82) is 0 Å². The lowest BCUT2D eigenvalue weighted by Crippen LogP contribution is -2.16. The molecular formula is C16H25NO. The van der Waals surface area contributed by atoms with E-state index in [2.05, 4.69) is 37.4 Å². The van der Waals surface area contributed by atoms with Gasteiger partial charge in [-0.2, -0.15) is 0 Å². The fourth-order valence-electron chi connectivity index (χ4n) is 1.71. The zero-order chi connectivity index (χ0) is 13.4. The van der Waals surface area contributed by atoms with Crippen LogP contribution in [0, 0.1) is 0 Å².